The molecular formula is C15H15N3O4. The number of aromatic nitrogens is 2. The van der Waals surface area contributed by atoms with Gasteiger partial charge in [-0.25, -0.2) is 0 Å². The van der Waals surface area contributed by atoms with Gasteiger partial charge >= 0.3 is 0 Å². The zero-order chi connectivity index (χ0) is 15.1. The molecule has 2 aromatic rings. The molecule has 22 heavy (non-hydrogen) atoms. The number of fused-ring (bicyclic) bond motifs is 1. The number of ether oxygens (including phenoxy) is 2. The summed E-state index contributed by atoms with van der Waals surface area (Å²) < 4.78 is 16.3. The monoisotopic (exact) mass is 301 g/mol. The molecule has 0 spiro atoms. The molecule has 0 aliphatic carbocycles. The summed E-state index contributed by atoms with van der Waals surface area (Å²) in [5.41, 5.74) is 0.799. The SMILES string of the molecule is Cc1noc([C@H]2CC(=O)N(c3ccc4c(c3)OCCO4)C2)n1. The van der Waals surface area contributed by atoms with E-state index in [-0.39, 0.29) is 11.8 Å². The number of anilines is 1. The van der Waals surface area contributed by atoms with Gasteiger partial charge in [-0.05, 0) is 19.1 Å². The van der Waals surface area contributed by atoms with E-state index in [2.05, 4.69) is 10.1 Å². The van der Waals surface area contributed by atoms with Gasteiger partial charge in [-0.3, -0.25) is 4.79 Å². The summed E-state index contributed by atoms with van der Waals surface area (Å²) in [4.78, 5) is 18.2. The van der Waals surface area contributed by atoms with Crippen LogP contribution < -0.4 is 14.4 Å². The average Bonchev–Trinajstić information content (AvgIpc) is 3.13. The third-order valence-corrected chi connectivity index (χ3v) is 3.85. The van der Waals surface area contributed by atoms with Crippen LogP contribution in [-0.2, 0) is 4.79 Å². The Kier molecular flexibility index (Phi) is 2.99. The van der Waals surface area contributed by atoms with Crippen molar-refractivity contribution >= 4 is 11.6 Å². The number of carbonyl (C=O) groups is 1. The Labute approximate surface area is 126 Å². The predicted molar refractivity (Wildman–Crippen MR) is 76.2 cm³/mol. The molecule has 7 heteroatoms. The number of nitrogens with zero attached hydrogens (tertiary/aromatic N) is 3. The van der Waals surface area contributed by atoms with Gasteiger partial charge in [0.15, 0.2) is 17.3 Å². The predicted octanol–water partition coefficient (Wildman–Crippen LogP) is 1.67. The Balaban J connectivity index is 1.59. The van der Waals surface area contributed by atoms with Crippen molar-refractivity contribution in [2.45, 2.75) is 19.3 Å². The van der Waals surface area contributed by atoms with Crippen molar-refractivity contribution in [1.29, 1.82) is 0 Å². The number of hydrogen-bond donors (Lipinski definition) is 0. The molecule has 1 saturated heterocycles. The van der Waals surface area contributed by atoms with Gasteiger partial charge in [0.2, 0.25) is 11.8 Å². The zero-order valence-corrected chi connectivity index (χ0v) is 12.1. The Morgan fingerprint density at radius 3 is 2.82 bits per heavy atom. The first-order chi connectivity index (χ1) is 10.7. The maximum atomic E-state index is 12.3. The lowest BCUT2D eigenvalue weighted by Crippen LogP contribution is -2.24. The lowest BCUT2D eigenvalue weighted by Gasteiger charge is -2.22. The fourth-order valence-electron chi connectivity index (χ4n) is 2.80. The molecule has 1 atom stereocenters. The van der Waals surface area contributed by atoms with E-state index < -0.39 is 0 Å². The van der Waals surface area contributed by atoms with Gasteiger partial charge in [-0.2, -0.15) is 4.98 Å². The van der Waals surface area contributed by atoms with E-state index in [1.165, 1.54) is 0 Å². The second-order valence-corrected chi connectivity index (χ2v) is 5.41. The highest BCUT2D eigenvalue weighted by Crippen LogP contribution is 2.37. The quantitative estimate of drug-likeness (QED) is 0.839. The van der Waals surface area contributed by atoms with Crippen molar-refractivity contribution < 1.29 is 18.8 Å². The molecule has 0 unspecified atom stereocenters. The molecular weight excluding hydrogens is 286 g/mol. The lowest BCUT2D eigenvalue weighted by molar-refractivity contribution is -0.117. The molecule has 0 N–H and O–H groups in total. The molecule has 0 radical (unpaired) electrons. The Morgan fingerprint density at radius 1 is 1.23 bits per heavy atom. The van der Waals surface area contributed by atoms with Crippen LogP contribution in [0.1, 0.15) is 24.1 Å². The van der Waals surface area contributed by atoms with Crippen LogP contribution in [0.25, 0.3) is 0 Å². The normalized spacial score (nSPS) is 20.5. The second kappa shape index (κ2) is 5.01. The van der Waals surface area contributed by atoms with E-state index >= 15 is 0 Å². The van der Waals surface area contributed by atoms with E-state index in [1.54, 1.807) is 11.8 Å². The van der Waals surface area contributed by atoms with Crippen molar-refractivity contribution in [2.75, 3.05) is 24.7 Å². The maximum Gasteiger partial charge on any atom is 0.232 e. The first kappa shape index (κ1) is 13.1. The summed E-state index contributed by atoms with van der Waals surface area (Å²) >= 11 is 0. The number of benzene rings is 1. The van der Waals surface area contributed by atoms with E-state index in [0.717, 1.165) is 5.69 Å². The van der Waals surface area contributed by atoms with Crippen molar-refractivity contribution in [2.24, 2.45) is 0 Å². The summed E-state index contributed by atoms with van der Waals surface area (Å²) in [7, 11) is 0. The highest BCUT2D eigenvalue weighted by molar-refractivity contribution is 5.96. The topological polar surface area (TPSA) is 77.7 Å². The van der Waals surface area contributed by atoms with Crippen LogP contribution in [0.4, 0.5) is 5.69 Å². The Bertz CT molecular complexity index is 727. The minimum absolute atomic E-state index is 0.0394. The average molecular weight is 301 g/mol. The number of amides is 1. The van der Waals surface area contributed by atoms with E-state index in [1.807, 2.05) is 18.2 Å². The van der Waals surface area contributed by atoms with Gasteiger partial charge in [0.1, 0.15) is 13.2 Å². The van der Waals surface area contributed by atoms with Crippen LogP contribution in [0.15, 0.2) is 22.7 Å². The number of hydrogen-bond acceptors (Lipinski definition) is 6. The third kappa shape index (κ3) is 2.18. The van der Waals surface area contributed by atoms with Crippen molar-refractivity contribution in [3.63, 3.8) is 0 Å². The summed E-state index contributed by atoms with van der Waals surface area (Å²) in [5.74, 6) is 2.46. The molecule has 114 valence electrons. The molecule has 1 aromatic carbocycles. The highest BCUT2D eigenvalue weighted by atomic mass is 16.6. The zero-order valence-electron chi connectivity index (χ0n) is 12.1. The van der Waals surface area contributed by atoms with Gasteiger partial charge in [0.05, 0.1) is 5.92 Å². The second-order valence-electron chi connectivity index (χ2n) is 5.41. The fourth-order valence-corrected chi connectivity index (χ4v) is 2.80. The van der Waals surface area contributed by atoms with Crippen molar-refractivity contribution in [3.05, 3.63) is 29.9 Å². The van der Waals surface area contributed by atoms with E-state index in [9.17, 15) is 4.79 Å². The Morgan fingerprint density at radius 2 is 2.05 bits per heavy atom. The van der Waals surface area contributed by atoms with Gasteiger partial charge in [-0.15, -0.1) is 0 Å². The standard InChI is InChI=1S/C15H15N3O4/c1-9-16-15(22-17-9)10-6-14(19)18(8-10)11-2-3-12-13(7-11)21-5-4-20-12/h2-3,7,10H,4-6,8H2,1H3/t10-/m0/s1. The molecule has 4 rings (SSSR count). The van der Waals surface area contributed by atoms with Crippen LogP contribution in [-0.4, -0.2) is 35.8 Å². The summed E-state index contributed by atoms with van der Waals surface area (Å²) in [6.45, 7) is 3.37. The molecule has 1 amide bonds. The van der Waals surface area contributed by atoms with E-state index in [4.69, 9.17) is 14.0 Å². The minimum atomic E-state index is -0.0677. The first-order valence-electron chi connectivity index (χ1n) is 7.21. The summed E-state index contributed by atoms with van der Waals surface area (Å²) in [6, 6.07) is 5.54. The molecule has 0 bridgehead atoms. The summed E-state index contributed by atoms with van der Waals surface area (Å²) in [5, 5.41) is 3.79. The number of carbonyl (C=O) groups excluding carboxylic acids is 1. The number of aryl methyl sites for hydroxylation is 1. The molecule has 2 aliphatic heterocycles. The van der Waals surface area contributed by atoms with Crippen LogP contribution >= 0.6 is 0 Å². The largest absolute Gasteiger partial charge is 0.486 e. The van der Waals surface area contributed by atoms with E-state index in [0.29, 0.717) is 49.4 Å². The molecule has 0 saturated carbocycles. The maximum absolute atomic E-state index is 12.3. The van der Waals surface area contributed by atoms with Crippen molar-refractivity contribution in [3.8, 4) is 11.5 Å². The molecule has 1 aromatic heterocycles. The fraction of sp³-hybridized carbons (Fsp3) is 0.400. The lowest BCUT2D eigenvalue weighted by atomic mass is 10.1. The van der Waals surface area contributed by atoms with Crippen LogP contribution in [0.2, 0.25) is 0 Å². The summed E-state index contributed by atoms with van der Waals surface area (Å²) in [6.07, 6.45) is 0.371. The van der Waals surface area contributed by atoms with Gasteiger partial charge in [0, 0.05) is 24.7 Å². The molecule has 3 heterocycles. The van der Waals surface area contributed by atoms with Crippen LogP contribution in [0.5, 0.6) is 11.5 Å². The van der Waals surface area contributed by atoms with Gasteiger partial charge < -0.3 is 18.9 Å². The molecule has 7 nitrogen and oxygen atoms in total. The molecule has 2 aliphatic rings. The highest BCUT2D eigenvalue weighted by Gasteiger charge is 2.35. The van der Waals surface area contributed by atoms with Crippen LogP contribution in [0.3, 0.4) is 0 Å². The third-order valence-electron chi connectivity index (χ3n) is 3.85. The number of rotatable bonds is 2. The Hall–Kier alpha value is -2.57. The van der Waals surface area contributed by atoms with Crippen LogP contribution in [0, 0.1) is 6.92 Å². The van der Waals surface area contributed by atoms with Gasteiger partial charge in [-0.1, -0.05) is 5.16 Å². The first-order valence-corrected chi connectivity index (χ1v) is 7.21. The van der Waals surface area contributed by atoms with Crippen molar-refractivity contribution in [1.82, 2.24) is 10.1 Å². The van der Waals surface area contributed by atoms with Gasteiger partial charge in [0.25, 0.3) is 0 Å². The smallest absolute Gasteiger partial charge is 0.232 e. The minimum Gasteiger partial charge on any atom is -0.486 e. The molecule has 1 fully saturated rings.